The van der Waals surface area contributed by atoms with Crippen molar-refractivity contribution in [1.82, 2.24) is 4.90 Å². The standard InChI is InChI=1S/C24H32N2O2S/c1-21-9-5-6-12-23(21)26-19-17-25(18-20-26)16-8-15-24(13-7-14-24)29(27,28)22-10-3-2-4-11-22/h2-6,9-12H,7-8,13-20H2,1H3. The van der Waals surface area contributed by atoms with Gasteiger partial charge in [-0.3, -0.25) is 4.90 Å². The number of benzene rings is 2. The van der Waals surface area contributed by atoms with Crippen LogP contribution < -0.4 is 4.90 Å². The van der Waals surface area contributed by atoms with Crippen LogP contribution in [0, 0.1) is 6.92 Å². The Balaban J connectivity index is 1.31. The number of aryl methyl sites for hydroxylation is 1. The van der Waals surface area contributed by atoms with Crippen LogP contribution in [0.1, 0.15) is 37.7 Å². The van der Waals surface area contributed by atoms with E-state index in [0.29, 0.717) is 4.90 Å². The Morgan fingerprint density at radius 3 is 2.17 bits per heavy atom. The first-order chi connectivity index (χ1) is 14.0. The van der Waals surface area contributed by atoms with Crippen LogP contribution in [0.5, 0.6) is 0 Å². The van der Waals surface area contributed by atoms with E-state index in [1.165, 1.54) is 11.3 Å². The van der Waals surface area contributed by atoms with Crippen molar-refractivity contribution >= 4 is 15.5 Å². The summed E-state index contributed by atoms with van der Waals surface area (Å²) < 4.78 is 25.9. The summed E-state index contributed by atoms with van der Waals surface area (Å²) >= 11 is 0. The zero-order valence-corrected chi connectivity index (χ0v) is 18.2. The van der Waals surface area contributed by atoms with Crippen molar-refractivity contribution in [3.8, 4) is 0 Å². The third-order valence-corrected chi connectivity index (χ3v) is 9.47. The molecule has 0 amide bonds. The molecule has 0 atom stereocenters. The average Bonchev–Trinajstić information content (AvgIpc) is 2.71. The van der Waals surface area contributed by atoms with Gasteiger partial charge in [-0.05, 0) is 62.9 Å². The second-order valence-corrected chi connectivity index (χ2v) is 10.9. The molecule has 2 aromatic rings. The van der Waals surface area contributed by atoms with E-state index in [0.717, 1.165) is 64.8 Å². The molecular formula is C24H32N2O2S. The molecule has 1 saturated heterocycles. The lowest BCUT2D eigenvalue weighted by Crippen LogP contribution is -2.48. The molecule has 1 aliphatic heterocycles. The molecule has 4 rings (SSSR count). The summed E-state index contributed by atoms with van der Waals surface area (Å²) in [7, 11) is -3.24. The van der Waals surface area contributed by atoms with E-state index in [-0.39, 0.29) is 0 Å². The van der Waals surface area contributed by atoms with Gasteiger partial charge in [0, 0.05) is 31.9 Å². The molecule has 2 fully saturated rings. The van der Waals surface area contributed by atoms with E-state index in [4.69, 9.17) is 0 Å². The minimum Gasteiger partial charge on any atom is -0.369 e. The highest BCUT2D eigenvalue weighted by Crippen LogP contribution is 2.46. The highest BCUT2D eigenvalue weighted by atomic mass is 32.2. The van der Waals surface area contributed by atoms with Gasteiger partial charge in [-0.1, -0.05) is 42.8 Å². The van der Waals surface area contributed by atoms with E-state index >= 15 is 0 Å². The normalized spacial score (nSPS) is 19.7. The Bertz CT molecular complexity index is 915. The summed E-state index contributed by atoms with van der Waals surface area (Å²) in [6.07, 6.45) is 4.39. The zero-order chi connectivity index (χ0) is 20.3. The summed E-state index contributed by atoms with van der Waals surface area (Å²) in [5, 5.41) is 0. The number of hydrogen-bond acceptors (Lipinski definition) is 4. The lowest BCUT2D eigenvalue weighted by molar-refractivity contribution is 0.234. The van der Waals surface area contributed by atoms with Gasteiger partial charge < -0.3 is 4.90 Å². The third kappa shape index (κ3) is 4.08. The molecule has 1 saturated carbocycles. The lowest BCUT2D eigenvalue weighted by Gasteiger charge is -2.42. The molecule has 156 valence electrons. The van der Waals surface area contributed by atoms with Gasteiger partial charge in [-0.2, -0.15) is 0 Å². The number of nitrogens with zero attached hydrogens (tertiary/aromatic N) is 2. The largest absolute Gasteiger partial charge is 0.369 e. The monoisotopic (exact) mass is 412 g/mol. The van der Waals surface area contributed by atoms with Gasteiger partial charge in [0.1, 0.15) is 0 Å². The summed E-state index contributed by atoms with van der Waals surface area (Å²) in [4.78, 5) is 5.46. The fourth-order valence-corrected chi connectivity index (χ4v) is 7.08. The van der Waals surface area contributed by atoms with Gasteiger partial charge in [0.2, 0.25) is 0 Å². The van der Waals surface area contributed by atoms with Crippen LogP contribution in [0.4, 0.5) is 5.69 Å². The maximum Gasteiger partial charge on any atom is 0.184 e. The van der Waals surface area contributed by atoms with E-state index < -0.39 is 14.6 Å². The van der Waals surface area contributed by atoms with Gasteiger partial charge in [0.25, 0.3) is 0 Å². The first-order valence-electron chi connectivity index (χ1n) is 10.8. The second-order valence-electron chi connectivity index (χ2n) is 8.57. The van der Waals surface area contributed by atoms with Crippen LogP contribution in [0.25, 0.3) is 0 Å². The molecule has 1 aliphatic carbocycles. The van der Waals surface area contributed by atoms with Crippen LogP contribution in [0.2, 0.25) is 0 Å². The first kappa shape index (κ1) is 20.4. The Hall–Kier alpha value is -1.85. The molecule has 0 N–H and O–H groups in total. The van der Waals surface area contributed by atoms with Crippen molar-refractivity contribution < 1.29 is 8.42 Å². The SMILES string of the molecule is Cc1ccccc1N1CCN(CCCC2(S(=O)(=O)c3ccccc3)CCC2)CC1. The lowest BCUT2D eigenvalue weighted by atomic mass is 9.81. The van der Waals surface area contributed by atoms with Gasteiger partial charge in [-0.15, -0.1) is 0 Å². The topological polar surface area (TPSA) is 40.6 Å². The molecule has 2 aromatic carbocycles. The molecule has 29 heavy (non-hydrogen) atoms. The zero-order valence-electron chi connectivity index (χ0n) is 17.4. The first-order valence-corrected chi connectivity index (χ1v) is 12.3. The molecule has 4 nitrogen and oxygen atoms in total. The fraction of sp³-hybridized carbons (Fsp3) is 0.500. The Morgan fingerprint density at radius 1 is 0.897 bits per heavy atom. The van der Waals surface area contributed by atoms with E-state index in [2.05, 4.69) is 41.0 Å². The maximum atomic E-state index is 13.2. The molecule has 0 aromatic heterocycles. The number of piperazine rings is 1. The van der Waals surface area contributed by atoms with Crippen LogP contribution in [0.3, 0.4) is 0 Å². The Labute approximate surface area is 175 Å². The molecular weight excluding hydrogens is 380 g/mol. The number of anilines is 1. The van der Waals surface area contributed by atoms with Crippen molar-refractivity contribution in [2.75, 3.05) is 37.6 Å². The highest BCUT2D eigenvalue weighted by molar-refractivity contribution is 7.93. The Morgan fingerprint density at radius 2 is 1.55 bits per heavy atom. The van der Waals surface area contributed by atoms with Crippen molar-refractivity contribution in [2.24, 2.45) is 0 Å². The molecule has 0 bridgehead atoms. The van der Waals surface area contributed by atoms with Crippen LogP contribution >= 0.6 is 0 Å². The summed E-state index contributed by atoms with van der Waals surface area (Å²) in [5.74, 6) is 0. The van der Waals surface area contributed by atoms with Gasteiger partial charge in [0.15, 0.2) is 9.84 Å². The van der Waals surface area contributed by atoms with Crippen LogP contribution in [-0.4, -0.2) is 50.8 Å². The number of sulfone groups is 1. The van der Waals surface area contributed by atoms with E-state index in [1.54, 1.807) is 12.1 Å². The average molecular weight is 413 g/mol. The number of hydrogen-bond donors (Lipinski definition) is 0. The summed E-state index contributed by atoms with van der Waals surface area (Å²) in [6.45, 7) is 7.34. The van der Waals surface area contributed by atoms with Crippen LogP contribution in [0.15, 0.2) is 59.5 Å². The second kappa shape index (κ2) is 8.49. The minimum absolute atomic E-state index is 0.492. The Kier molecular flexibility index (Phi) is 5.98. The molecule has 2 aliphatic rings. The summed E-state index contributed by atoms with van der Waals surface area (Å²) in [5.41, 5.74) is 2.67. The quantitative estimate of drug-likeness (QED) is 0.680. The predicted molar refractivity (Wildman–Crippen MR) is 119 cm³/mol. The molecule has 0 radical (unpaired) electrons. The van der Waals surface area contributed by atoms with Gasteiger partial charge in [0.05, 0.1) is 9.64 Å². The predicted octanol–water partition coefficient (Wildman–Crippen LogP) is 4.29. The van der Waals surface area contributed by atoms with Crippen molar-refractivity contribution in [2.45, 2.75) is 48.7 Å². The van der Waals surface area contributed by atoms with Crippen LogP contribution in [-0.2, 0) is 9.84 Å². The summed E-state index contributed by atoms with van der Waals surface area (Å²) in [6, 6.07) is 17.6. The number of para-hydroxylation sites is 1. The van der Waals surface area contributed by atoms with Crippen molar-refractivity contribution in [3.05, 3.63) is 60.2 Å². The molecule has 0 spiro atoms. The number of rotatable bonds is 7. The van der Waals surface area contributed by atoms with E-state index in [9.17, 15) is 8.42 Å². The maximum absolute atomic E-state index is 13.2. The third-order valence-electron chi connectivity index (χ3n) is 6.82. The minimum atomic E-state index is -3.24. The smallest absolute Gasteiger partial charge is 0.184 e. The highest BCUT2D eigenvalue weighted by Gasteiger charge is 2.48. The van der Waals surface area contributed by atoms with Gasteiger partial charge in [-0.25, -0.2) is 8.42 Å². The van der Waals surface area contributed by atoms with E-state index in [1.807, 2.05) is 18.2 Å². The van der Waals surface area contributed by atoms with Gasteiger partial charge >= 0.3 is 0 Å². The molecule has 5 heteroatoms. The fourth-order valence-electron chi connectivity index (χ4n) is 4.83. The molecule has 0 unspecified atom stereocenters. The van der Waals surface area contributed by atoms with Crippen molar-refractivity contribution in [3.63, 3.8) is 0 Å². The molecule has 1 heterocycles. The van der Waals surface area contributed by atoms with Crippen molar-refractivity contribution in [1.29, 1.82) is 0 Å².